The minimum absolute atomic E-state index is 0.0385. The molecule has 1 aliphatic rings. The standard InChI is InChI=1S/C7H10F3NO2/c1-13-6(12)4-2-5(11-3-4)7(8,9)10/h4-5,11H,2-3H2,1H3/t4-,5+/m1/s1. The largest absolute Gasteiger partial charge is 0.469 e. The molecule has 0 radical (unpaired) electrons. The highest BCUT2D eigenvalue weighted by Crippen LogP contribution is 2.29. The Kier molecular flexibility index (Phi) is 2.80. The molecule has 1 aliphatic heterocycles. The molecule has 0 saturated carbocycles. The van der Waals surface area contributed by atoms with Crippen LogP contribution in [0.1, 0.15) is 6.42 Å². The van der Waals surface area contributed by atoms with Gasteiger partial charge < -0.3 is 10.1 Å². The molecule has 0 spiro atoms. The van der Waals surface area contributed by atoms with Gasteiger partial charge in [0.25, 0.3) is 0 Å². The van der Waals surface area contributed by atoms with Gasteiger partial charge in [-0.15, -0.1) is 0 Å². The molecular formula is C7H10F3NO2. The zero-order valence-electron chi connectivity index (χ0n) is 7.02. The van der Waals surface area contributed by atoms with Crippen molar-refractivity contribution in [2.45, 2.75) is 18.6 Å². The predicted molar refractivity (Wildman–Crippen MR) is 38.0 cm³/mol. The molecule has 0 aromatic carbocycles. The van der Waals surface area contributed by atoms with E-state index in [0.717, 1.165) is 0 Å². The number of carbonyl (C=O) groups is 1. The second-order valence-electron chi connectivity index (χ2n) is 2.96. The number of nitrogens with one attached hydrogen (secondary N) is 1. The van der Waals surface area contributed by atoms with Gasteiger partial charge in [-0.2, -0.15) is 13.2 Å². The van der Waals surface area contributed by atoms with E-state index < -0.39 is 24.1 Å². The first-order chi connectivity index (χ1) is 5.95. The van der Waals surface area contributed by atoms with Crippen LogP contribution in [0.15, 0.2) is 0 Å². The van der Waals surface area contributed by atoms with E-state index in [0.29, 0.717) is 0 Å². The van der Waals surface area contributed by atoms with Gasteiger partial charge in [0.15, 0.2) is 0 Å². The number of methoxy groups -OCH3 is 1. The molecule has 1 heterocycles. The second-order valence-corrected chi connectivity index (χ2v) is 2.96. The van der Waals surface area contributed by atoms with Gasteiger partial charge in [-0.1, -0.05) is 0 Å². The highest BCUT2D eigenvalue weighted by molar-refractivity contribution is 5.73. The van der Waals surface area contributed by atoms with Crippen molar-refractivity contribution in [2.75, 3.05) is 13.7 Å². The summed E-state index contributed by atoms with van der Waals surface area (Å²) in [6, 6.07) is -1.57. The van der Waals surface area contributed by atoms with Gasteiger partial charge in [-0.3, -0.25) is 4.79 Å². The fourth-order valence-corrected chi connectivity index (χ4v) is 1.33. The molecule has 0 aliphatic carbocycles. The molecule has 13 heavy (non-hydrogen) atoms. The van der Waals surface area contributed by atoms with Gasteiger partial charge in [0.05, 0.1) is 13.0 Å². The van der Waals surface area contributed by atoms with E-state index in [1.807, 2.05) is 0 Å². The third-order valence-corrected chi connectivity index (χ3v) is 2.06. The third-order valence-electron chi connectivity index (χ3n) is 2.06. The Bertz CT molecular complexity index is 204. The molecule has 0 aromatic rings. The zero-order valence-corrected chi connectivity index (χ0v) is 7.02. The van der Waals surface area contributed by atoms with Gasteiger partial charge >= 0.3 is 12.1 Å². The fraction of sp³-hybridized carbons (Fsp3) is 0.857. The lowest BCUT2D eigenvalue weighted by atomic mass is 10.1. The quantitative estimate of drug-likeness (QED) is 0.629. The lowest BCUT2D eigenvalue weighted by molar-refractivity contribution is -0.154. The average molecular weight is 197 g/mol. The smallest absolute Gasteiger partial charge is 0.403 e. The topological polar surface area (TPSA) is 38.3 Å². The molecule has 1 N–H and O–H groups in total. The number of alkyl halides is 3. The molecule has 6 heteroatoms. The maximum Gasteiger partial charge on any atom is 0.403 e. The average Bonchev–Trinajstić information content (AvgIpc) is 2.50. The Morgan fingerprint density at radius 2 is 2.15 bits per heavy atom. The molecule has 1 saturated heterocycles. The number of hydrogen-bond donors (Lipinski definition) is 1. The summed E-state index contributed by atoms with van der Waals surface area (Å²) >= 11 is 0. The van der Waals surface area contributed by atoms with Crippen molar-refractivity contribution in [1.29, 1.82) is 0 Å². The Hall–Kier alpha value is -0.780. The van der Waals surface area contributed by atoms with Crippen molar-refractivity contribution in [2.24, 2.45) is 5.92 Å². The van der Waals surface area contributed by atoms with Crippen molar-refractivity contribution < 1.29 is 22.7 Å². The lowest BCUT2D eigenvalue weighted by Gasteiger charge is -2.13. The zero-order chi connectivity index (χ0) is 10.1. The number of ether oxygens (including phenoxy) is 1. The molecule has 2 atom stereocenters. The SMILES string of the molecule is COC(=O)[C@H]1CN[C@H](C(F)(F)F)C1. The lowest BCUT2D eigenvalue weighted by Crippen LogP contribution is -2.36. The molecule has 1 fully saturated rings. The third kappa shape index (κ3) is 2.33. The Labute approximate surface area is 73.2 Å². The van der Waals surface area contributed by atoms with Crippen molar-refractivity contribution in [3.8, 4) is 0 Å². The van der Waals surface area contributed by atoms with Gasteiger partial charge in [0.1, 0.15) is 6.04 Å². The molecular weight excluding hydrogens is 187 g/mol. The molecule has 76 valence electrons. The first-order valence-corrected chi connectivity index (χ1v) is 3.83. The Morgan fingerprint density at radius 3 is 2.54 bits per heavy atom. The Balaban J connectivity index is 2.50. The van der Waals surface area contributed by atoms with Crippen LogP contribution in [0.2, 0.25) is 0 Å². The van der Waals surface area contributed by atoms with Gasteiger partial charge in [-0.05, 0) is 6.42 Å². The van der Waals surface area contributed by atoms with Crippen LogP contribution in [0.5, 0.6) is 0 Å². The maximum absolute atomic E-state index is 12.1. The van der Waals surface area contributed by atoms with E-state index in [1.54, 1.807) is 0 Å². The highest BCUT2D eigenvalue weighted by atomic mass is 19.4. The van der Waals surface area contributed by atoms with Crippen LogP contribution in [0.4, 0.5) is 13.2 Å². The fourth-order valence-electron chi connectivity index (χ4n) is 1.33. The van der Waals surface area contributed by atoms with Crippen molar-refractivity contribution >= 4 is 5.97 Å². The van der Waals surface area contributed by atoms with E-state index in [-0.39, 0.29) is 13.0 Å². The highest BCUT2D eigenvalue weighted by Gasteiger charge is 2.45. The molecule has 0 amide bonds. The minimum Gasteiger partial charge on any atom is -0.469 e. The maximum atomic E-state index is 12.1. The minimum atomic E-state index is -4.28. The van der Waals surface area contributed by atoms with E-state index in [4.69, 9.17) is 0 Å². The summed E-state index contributed by atoms with van der Waals surface area (Å²) in [5.74, 6) is -1.25. The summed E-state index contributed by atoms with van der Waals surface area (Å²) in [7, 11) is 1.17. The monoisotopic (exact) mass is 197 g/mol. The van der Waals surface area contributed by atoms with E-state index in [9.17, 15) is 18.0 Å². The Morgan fingerprint density at radius 1 is 1.54 bits per heavy atom. The van der Waals surface area contributed by atoms with Gasteiger partial charge in [0, 0.05) is 6.54 Å². The number of carbonyl (C=O) groups excluding carboxylic acids is 1. The molecule has 0 unspecified atom stereocenters. The predicted octanol–water partition coefficient (Wildman–Crippen LogP) is 0.700. The normalized spacial score (nSPS) is 28.9. The van der Waals surface area contributed by atoms with Crippen molar-refractivity contribution in [1.82, 2.24) is 5.32 Å². The number of rotatable bonds is 1. The van der Waals surface area contributed by atoms with Crippen LogP contribution < -0.4 is 5.32 Å². The van der Waals surface area contributed by atoms with E-state index in [2.05, 4.69) is 10.1 Å². The molecule has 0 bridgehead atoms. The molecule has 3 nitrogen and oxygen atoms in total. The number of halogens is 3. The number of hydrogen-bond acceptors (Lipinski definition) is 3. The summed E-state index contributed by atoms with van der Waals surface area (Å²) in [5, 5.41) is 2.24. The van der Waals surface area contributed by atoms with Crippen LogP contribution in [-0.2, 0) is 9.53 Å². The van der Waals surface area contributed by atoms with Crippen molar-refractivity contribution in [3.63, 3.8) is 0 Å². The first-order valence-electron chi connectivity index (χ1n) is 3.83. The summed E-state index contributed by atoms with van der Waals surface area (Å²) in [6.45, 7) is 0.0385. The summed E-state index contributed by atoms with van der Waals surface area (Å²) in [6.07, 6.45) is -4.50. The van der Waals surface area contributed by atoms with Crippen LogP contribution in [-0.4, -0.2) is 31.8 Å². The van der Waals surface area contributed by atoms with Crippen LogP contribution in [0.25, 0.3) is 0 Å². The van der Waals surface area contributed by atoms with Crippen molar-refractivity contribution in [3.05, 3.63) is 0 Å². The first kappa shape index (κ1) is 10.3. The number of esters is 1. The molecule has 0 aromatic heterocycles. The van der Waals surface area contributed by atoms with E-state index >= 15 is 0 Å². The summed E-state index contributed by atoms with van der Waals surface area (Å²) in [5.41, 5.74) is 0. The summed E-state index contributed by atoms with van der Waals surface area (Å²) < 4.78 is 40.6. The van der Waals surface area contributed by atoms with Gasteiger partial charge in [-0.25, -0.2) is 0 Å². The second kappa shape index (κ2) is 3.53. The van der Waals surface area contributed by atoms with Crippen LogP contribution >= 0.6 is 0 Å². The van der Waals surface area contributed by atoms with Gasteiger partial charge in [0.2, 0.25) is 0 Å². The van der Waals surface area contributed by atoms with Crippen LogP contribution in [0, 0.1) is 5.92 Å². The van der Waals surface area contributed by atoms with Crippen LogP contribution in [0.3, 0.4) is 0 Å². The van der Waals surface area contributed by atoms with E-state index in [1.165, 1.54) is 7.11 Å². The molecule has 1 rings (SSSR count). The summed E-state index contributed by atoms with van der Waals surface area (Å²) in [4.78, 5) is 10.9.